The summed E-state index contributed by atoms with van der Waals surface area (Å²) in [7, 11) is 0. The fourth-order valence-corrected chi connectivity index (χ4v) is 2.00. The molecule has 1 fully saturated rings. The van der Waals surface area contributed by atoms with Gasteiger partial charge in [0, 0.05) is 6.54 Å². The van der Waals surface area contributed by atoms with Gasteiger partial charge in [0.25, 0.3) is 0 Å². The number of hydrogen-bond donors (Lipinski definition) is 1. The standard InChI is InChI=1S/C14H21NO2/c1-11(2)16-13-7-3-4-8-14(13)17-12-6-5-9-15-10-12/h3-4,7-8,11-12,15H,5-6,9-10H2,1-2H3. The molecule has 1 aromatic rings. The first-order valence-corrected chi connectivity index (χ1v) is 6.39. The summed E-state index contributed by atoms with van der Waals surface area (Å²) < 4.78 is 11.7. The summed E-state index contributed by atoms with van der Waals surface area (Å²) in [4.78, 5) is 0. The first-order chi connectivity index (χ1) is 8.25. The average Bonchev–Trinajstić information content (AvgIpc) is 2.32. The van der Waals surface area contributed by atoms with Gasteiger partial charge in [-0.2, -0.15) is 0 Å². The van der Waals surface area contributed by atoms with E-state index in [4.69, 9.17) is 9.47 Å². The molecular weight excluding hydrogens is 214 g/mol. The normalized spacial score (nSPS) is 20.3. The van der Waals surface area contributed by atoms with E-state index < -0.39 is 0 Å². The maximum Gasteiger partial charge on any atom is 0.161 e. The van der Waals surface area contributed by atoms with Crippen LogP contribution in [-0.2, 0) is 0 Å². The highest BCUT2D eigenvalue weighted by Crippen LogP contribution is 2.29. The number of hydrogen-bond acceptors (Lipinski definition) is 3. The Bertz CT molecular complexity index is 346. The second-order valence-corrected chi connectivity index (χ2v) is 4.70. The Kier molecular flexibility index (Phi) is 4.26. The highest BCUT2D eigenvalue weighted by molar-refractivity contribution is 5.39. The molecule has 0 saturated carbocycles. The van der Waals surface area contributed by atoms with Gasteiger partial charge in [0.05, 0.1) is 6.10 Å². The van der Waals surface area contributed by atoms with Crippen molar-refractivity contribution >= 4 is 0 Å². The largest absolute Gasteiger partial charge is 0.487 e. The first-order valence-electron chi connectivity index (χ1n) is 6.39. The van der Waals surface area contributed by atoms with E-state index in [0.29, 0.717) is 0 Å². The minimum atomic E-state index is 0.171. The third-order valence-corrected chi connectivity index (χ3v) is 2.76. The zero-order chi connectivity index (χ0) is 12.1. The van der Waals surface area contributed by atoms with Gasteiger partial charge in [-0.1, -0.05) is 12.1 Å². The maximum absolute atomic E-state index is 6.00. The van der Waals surface area contributed by atoms with Crippen LogP contribution in [-0.4, -0.2) is 25.3 Å². The summed E-state index contributed by atoms with van der Waals surface area (Å²) in [6.45, 7) is 6.08. The van der Waals surface area contributed by atoms with Gasteiger partial charge in [-0.25, -0.2) is 0 Å². The van der Waals surface area contributed by atoms with E-state index in [1.807, 2.05) is 38.1 Å². The van der Waals surface area contributed by atoms with Crippen molar-refractivity contribution < 1.29 is 9.47 Å². The van der Waals surface area contributed by atoms with Crippen LogP contribution in [0.4, 0.5) is 0 Å². The van der Waals surface area contributed by atoms with Crippen molar-refractivity contribution in [3.63, 3.8) is 0 Å². The van der Waals surface area contributed by atoms with Gasteiger partial charge in [-0.15, -0.1) is 0 Å². The van der Waals surface area contributed by atoms with Crippen molar-refractivity contribution in [3.05, 3.63) is 24.3 Å². The zero-order valence-corrected chi connectivity index (χ0v) is 10.6. The lowest BCUT2D eigenvalue weighted by Gasteiger charge is -2.25. The second kappa shape index (κ2) is 5.92. The maximum atomic E-state index is 6.00. The van der Waals surface area contributed by atoms with E-state index in [-0.39, 0.29) is 12.2 Å². The van der Waals surface area contributed by atoms with Crippen LogP contribution in [0.15, 0.2) is 24.3 Å². The van der Waals surface area contributed by atoms with Crippen LogP contribution in [0.25, 0.3) is 0 Å². The molecular formula is C14H21NO2. The molecule has 0 bridgehead atoms. The molecule has 0 aromatic heterocycles. The molecule has 1 aliphatic heterocycles. The molecule has 0 aliphatic carbocycles. The number of benzene rings is 1. The minimum absolute atomic E-state index is 0.171. The Morgan fingerprint density at radius 2 is 2.00 bits per heavy atom. The van der Waals surface area contributed by atoms with E-state index in [9.17, 15) is 0 Å². The number of piperidine rings is 1. The van der Waals surface area contributed by atoms with Crippen molar-refractivity contribution in [3.8, 4) is 11.5 Å². The smallest absolute Gasteiger partial charge is 0.161 e. The van der Waals surface area contributed by atoms with E-state index in [0.717, 1.165) is 31.0 Å². The zero-order valence-electron chi connectivity index (χ0n) is 10.6. The molecule has 1 saturated heterocycles. The van der Waals surface area contributed by atoms with Crippen LogP contribution >= 0.6 is 0 Å². The van der Waals surface area contributed by atoms with E-state index in [1.54, 1.807) is 0 Å². The minimum Gasteiger partial charge on any atom is -0.487 e. The SMILES string of the molecule is CC(C)Oc1ccccc1OC1CCCNC1. The van der Waals surface area contributed by atoms with Crippen LogP contribution in [0.3, 0.4) is 0 Å². The lowest BCUT2D eigenvalue weighted by molar-refractivity contribution is 0.152. The Hall–Kier alpha value is -1.22. The molecule has 1 atom stereocenters. The summed E-state index contributed by atoms with van der Waals surface area (Å²) in [6.07, 6.45) is 2.73. The molecule has 1 N–H and O–H groups in total. The topological polar surface area (TPSA) is 30.5 Å². The molecule has 0 radical (unpaired) electrons. The van der Waals surface area contributed by atoms with Gasteiger partial charge in [-0.3, -0.25) is 0 Å². The van der Waals surface area contributed by atoms with Crippen LogP contribution in [0.1, 0.15) is 26.7 Å². The Morgan fingerprint density at radius 1 is 1.24 bits per heavy atom. The molecule has 94 valence electrons. The van der Waals surface area contributed by atoms with Gasteiger partial charge in [0.15, 0.2) is 11.5 Å². The molecule has 0 spiro atoms. The Morgan fingerprint density at radius 3 is 2.65 bits per heavy atom. The summed E-state index contributed by atoms with van der Waals surface area (Å²) in [5, 5.41) is 3.35. The van der Waals surface area contributed by atoms with Crippen LogP contribution in [0.5, 0.6) is 11.5 Å². The number of para-hydroxylation sites is 2. The summed E-state index contributed by atoms with van der Waals surface area (Å²) in [5.74, 6) is 1.70. The molecule has 0 amide bonds. The quantitative estimate of drug-likeness (QED) is 0.870. The first kappa shape index (κ1) is 12.2. The molecule has 1 aliphatic rings. The third kappa shape index (κ3) is 3.63. The van der Waals surface area contributed by atoms with Crippen molar-refractivity contribution in [1.82, 2.24) is 5.32 Å². The van der Waals surface area contributed by atoms with Crippen molar-refractivity contribution in [2.75, 3.05) is 13.1 Å². The van der Waals surface area contributed by atoms with E-state index in [1.165, 1.54) is 6.42 Å². The average molecular weight is 235 g/mol. The molecule has 2 rings (SSSR count). The summed E-state index contributed by atoms with van der Waals surface area (Å²) in [6, 6.07) is 7.90. The van der Waals surface area contributed by atoms with Gasteiger partial charge in [-0.05, 0) is 45.4 Å². The fourth-order valence-electron chi connectivity index (χ4n) is 2.00. The molecule has 3 heteroatoms. The van der Waals surface area contributed by atoms with Gasteiger partial charge in [0.1, 0.15) is 6.10 Å². The molecule has 1 heterocycles. The van der Waals surface area contributed by atoms with Crippen LogP contribution in [0, 0.1) is 0 Å². The predicted octanol–water partition coefficient (Wildman–Crippen LogP) is 2.60. The molecule has 3 nitrogen and oxygen atoms in total. The van der Waals surface area contributed by atoms with E-state index >= 15 is 0 Å². The lowest BCUT2D eigenvalue weighted by atomic mass is 10.1. The predicted molar refractivity (Wildman–Crippen MR) is 68.7 cm³/mol. The Balaban J connectivity index is 2.03. The van der Waals surface area contributed by atoms with Crippen molar-refractivity contribution in [2.45, 2.75) is 38.9 Å². The summed E-state index contributed by atoms with van der Waals surface area (Å²) >= 11 is 0. The molecule has 1 aromatic carbocycles. The lowest BCUT2D eigenvalue weighted by Crippen LogP contribution is -2.37. The van der Waals surface area contributed by atoms with Crippen molar-refractivity contribution in [1.29, 1.82) is 0 Å². The number of nitrogens with one attached hydrogen (secondary N) is 1. The van der Waals surface area contributed by atoms with Gasteiger partial charge < -0.3 is 14.8 Å². The molecule has 1 unspecified atom stereocenters. The molecule has 17 heavy (non-hydrogen) atoms. The Labute approximate surface area is 103 Å². The highest BCUT2D eigenvalue weighted by Gasteiger charge is 2.16. The van der Waals surface area contributed by atoms with Crippen LogP contribution < -0.4 is 14.8 Å². The third-order valence-electron chi connectivity index (χ3n) is 2.76. The van der Waals surface area contributed by atoms with Crippen LogP contribution in [0.2, 0.25) is 0 Å². The summed E-state index contributed by atoms with van der Waals surface area (Å²) in [5.41, 5.74) is 0. The van der Waals surface area contributed by atoms with Gasteiger partial charge in [0.2, 0.25) is 0 Å². The number of ether oxygens (including phenoxy) is 2. The van der Waals surface area contributed by atoms with Gasteiger partial charge >= 0.3 is 0 Å². The number of rotatable bonds is 4. The second-order valence-electron chi connectivity index (χ2n) is 4.70. The van der Waals surface area contributed by atoms with E-state index in [2.05, 4.69) is 5.32 Å². The highest BCUT2D eigenvalue weighted by atomic mass is 16.5. The fraction of sp³-hybridized carbons (Fsp3) is 0.571. The monoisotopic (exact) mass is 235 g/mol. The van der Waals surface area contributed by atoms with Crippen molar-refractivity contribution in [2.24, 2.45) is 0 Å².